The Morgan fingerprint density at radius 3 is 2.50 bits per heavy atom. The summed E-state index contributed by atoms with van der Waals surface area (Å²) in [5, 5.41) is 17.9. The fourth-order valence-corrected chi connectivity index (χ4v) is 6.76. The Labute approximate surface area is 280 Å². The molecule has 6 rings (SSSR count). The predicted octanol–water partition coefficient (Wildman–Crippen LogP) is 3.84. The Hall–Kier alpha value is -4.49. The minimum absolute atomic E-state index is 0.0382. The molecule has 0 bridgehead atoms. The van der Waals surface area contributed by atoms with Gasteiger partial charge in [-0.3, -0.25) is 9.59 Å². The molecule has 0 aromatic heterocycles. The minimum Gasteiger partial charge on any atom is -0.465 e. The van der Waals surface area contributed by atoms with Crippen molar-refractivity contribution in [2.75, 3.05) is 49.7 Å². The van der Waals surface area contributed by atoms with Crippen molar-refractivity contribution < 1.29 is 33.7 Å². The molecule has 48 heavy (non-hydrogen) atoms. The SMILES string of the molecule is CCOC(=O)CNC(=O)Nc1cccc([C@H]2O[C@@H](CN3CCC4(CC3)C(=O)NCN4c3ccccc3)C[C@@H](c3ccc(CO)cc3)O2)c1. The number of hydrogen-bond donors (Lipinski definition) is 4. The minimum atomic E-state index is -0.707. The van der Waals surface area contributed by atoms with Gasteiger partial charge in [0.2, 0.25) is 5.91 Å². The lowest BCUT2D eigenvalue weighted by molar-refractivity contribution is -0.253. The predicted molar refractivity (Wildman–Crippen MR) is 179 cm³/mol. The maximum absolute atomic E-state index is 13.2. The molecule has 3 amide bonds. The van der Waals surface area contributed by atoms with Gasteiger partial charge in [-0.15, -0.1) is 0 Å². The van der Waals surface area contributed by atoms with Crippen LogP contribution in [-0.2, 0) is 30.4 Å². The number of nitrogens with one attached hydrogen (secondary N) is 3. The smallest absolute Gasteiger partial charge is 0.325 e. The molecule has 3 aromatic rings. The van der Waals surface area contributed by atoms with Crippen LogP contribution in [0.4, 0.5) is 16.2 Å². The van der Waals surface area contributed by atoms with Gasteiger partial charge in [-0.2, -0.15) is 0 Å². The highest BCUT2D eigenvalue weighted by Crippen LogP contribution is 2.40. The molecule has 254 valence electrons. The third-order valence-electron chi connectivity index (χ3n) is 9.28. The molecule has 0 saturated carbocycles. The summed E-state index contributed by atoms with van der Waals surface area (Å²) in [6.45, 7) is 4.34. The lowest BCUT2D eigenvalue weighted by Crippen LogP contribution is -2.57. The molecule has 3 aliphatic rings. The number of amides is 3. The standard InChI is InChI=1S/C36H43N5O7/c1-2-46-32(43)21-37-35(45)39-28-8-6-7-27(19-28)33-47-30(20-31(48-33)26-13-11-25(23-42)12-14-26)22-40-17-15-36(16-18-40)34(44)38-24-41(36)29-9-4-3-5-10-29/h3-14,19,30-31,33,42H,2,15-18,20-24H2,1H3,(H,38,44)(H2,37,39,45)/t30-,31+,33+/m1/s1. The maximum atomic E-state index is 13.2. The second-order valence-corrected chi connectivity index (χ2v) is 12.3. The summed E-state index contributed by atoms with van der Waals surface area (Å²) in [4.78, 5) is 41.8. The Morgan fingerprint density at radius 2 is 1.77 bits per heavy atom. The topological polar surface area (TPSA) is 142 Å². The monoisotopic (exact) mass is 657 g/mol. The van der Waals surface area contributed by atoms with Gasteiger partial charge in [-0.05, 0) is 55.2 Å². The number of anilines is 2. The molecule has 3 fully saturated rings. The maximum Gasteiger partial charge on any atom is 0.325 e. The molecule has 1 spiro atoms. The van der Waals surface area contributed by atoms with Crippen LogP contribution in [0.3, 0.4) is 0 Å². The first-order valence-corrected chi connectivity index (χ1v) is 16.5. The number of nitrogens with zero attached hydrogens (tertiary/aromatic N) is 2. The number of aliphatic hydroxyl groups excluding tert-OH is 1. The number of ether oxygens (including phenoxy) is 3. The average Bonchev–Trinajstić information content (AvgIpc) is 3.43. The molecule has 0 radical (unpaired) electrons. The van der Waals surface area contributed by atoms with Crippen LogP contribution in [0.1, 0.15) is 55.3 Å². The van der Waals surface area contributed by atoms with Crippen molar-refractivity contribution in [3.63, 3.8) is 0 Å². The number of benzene rings is 3. The highest BCUT2D eigenvalue weighted by atomic mass is 16.7. The first-order chi connectivity index (χ1) is 23.4. The summed E-state index contributed by atoms with van der Waals surface area (Å²) in [6, 6.07) is 24.6. The van der Waals surface area contributed by atoms with Crippen molar-refractivity contribution in [2.24, 2.45) is 0 Å². The zero-order chi connectivity index (χ0) is 33.5. The highest BCUT2D eigenvalue weighted by Gasteiger charge is 2.50. The number of hydrogen-bond acceptors (Lipinski definition) is 9. The Balaban J connectivity index is 1.15. The van der Waals surface area contributed by atoms with Crippen LogP contribution in [0.15, 0.2) is 78.9 Å². The number of piperidine rings is 1. The van der Waals surface area contributed by atoms with Crippen LogP contribution in [-0.4, -0.2) is 79.0 Å². The van der Waals surface area contributed by atoms with Gasteiger partial charge in [0.05, 0.1) is 32.1 Å². The largest absolute Gasteiger partial charge is 0.465 e. The molecule has 3 aliphatic heterocycles. The number of para-hydroxylation sites is 1. The summed E-state index contributed by atoms with van der Waals surface area (Å²) in [5.41, 5.74) is 3.54. The number of likely N-dealkylation sites (tertiary alicyclic amines) is 1. The second kappa shape index (κ2) is 15.2. The molecule has 12 heteroatoms. The van der Waals surface area contributed by atoms with E-state index in [2.05, 4.69) is 37.9 Å². The fourth-order valence-electron chi connectivity index (χ4n) is 6.76. The molecule has 12 nitrogen and oxygen atoms in total. The summed E-state index contributed by atoms with van der Waals surface area (Å²) in [5.74, 6) is -0.429. The van der Waals surface area contributed by atoms with Crippen LogP contribution in [0.5, 0.6) is 0 Å². The van der Waals surface area contributed by atoms with Crippen LogP contribution < -0.4 is 20.9 Å². The van der Waals surface area contributed by atoms with E-state index in [1.165, 1.54) is 0 Å². The van der Waals surface area contributed by atoms with E-state index in [4.69, 9.17) is 14.2 Å². The van der Waals surface area contributed by atoms with E-state index >= 15 is 0 Å². The summed E-state index contributed by atoms with van der Waals surface area (Å²) < 4.78 is 18.0. The van der Waals surface area contributed by atoms with Gasteiger partial charge in [0, 0.05) is 43.0 Å². The van der Waals surface area contributed by atoms with Crippen LogP contribution >= 0.6 is 0 Å². The number of carbonyl (C=O) groups excluding carboxylic acids is 3. The van der Waals surface area contributed by atoms with E-state index in [1.54, 1.807) is 19.1 Å². The molecule has 3 saturated heterocycles. The fraction of sp³-hybridized carbons (Fsp3) is 0.417. The molecule has 0 aliphatic carbocycles. The van der Waals surface area contributed by atoms with Gasteiger partial charge < -0.3 is 45.1 Å². The van der Waals surface area contributed by atoms with E-state index in [1.807, 2.05) is 54.6 Å². The second-order valence-electron chi connectivity index (χ2n) is 12.3. The van der Waals surface area contributed by atoms with Gasteiger partial charge in [0.25, 0.3) is 0 Å². The molecular weight excluding hydrogens is 614 g/mol. The van der Waals surface area contributed by atoms with Crippen LogP contribution in [0, 0.1) is 0 Å². The highest BCUT2D eigenvalue weighted by molar-refractivity contribution is 5.93. The van der Waals surface area contributed by atoms with E-state index < -0.39 is 23.8 Å². The Morgan fingerprint density at radius 1 is 1.00 bits per heavy atom. The number of urea groups is 1. The molecule has 3 aromatic carbocycles. The van der Waals surface area contributed by atoms with Crippen LogP contribution in [0.25, 0.3) is 0 Å². The van der Waals surface area contributed by atoms with Crippen molar-refractivity contribution in [3.8, 4) is 0 Å². The first kappa shape index (κ1) is 33.4. The third kappa shape index (κ3) is 7.63. The van der Waals surface area contributed by atoms with E-state index in [-0.39, 0.29) is 37.9 Å². The van der Waals surface area contributed by atoms with Gasteiger partial charge in [0.15, 0.2) is 6.29 Å². The number of carbonyl (C=O) groups is 3. The first-order valence-electron chi connectivity index (χ1n) is 16.5. The molecular formula is C36H43N5O7. The normalized spacial score (nSPS) is 22.2. The van der Waals surface area contributed by atoms with E-state index in [0.717, 1.165) is 35.5 Å². The van der Waals surface area contributed by atoms with Crippen molar-refractivity contribution in [1.29, 1.82) is 0 Å². The lowest BCUT2D eigenvalue weighted by atomic mass is 9.85. The number of rotatable bonds is 10. The molecule has 3 atom stereocenters. The zero-order valence-electron chi connectivity index (χ0n) is 27.1. The number of esters is 1. The Bertz CT molecular complexity index is 1560. The van der Waals surface area contributed by atoms with Crippen molar-refractivity contribution in [3.05, 3.63) is 95.6 Å². The van der Waals surface area contributed by atoms with Gasteiger partial charge in [-0.25, -0.2) is 4.79 Å². The van der Waals surface area contributed by atoms with E-state index in [0.29, 0.717) is 38.2 Å². The summed E-state index contributed by atoms with van der Waals surface area (Å²) >= 11 is 0. The van der Waals surface area contributed by atoms with Gasteiger partial charge in [-0.1, -0.05) is 54.6 Å². The van der Waals surface area contributed by atoms with E-state index in [9.17, 15) is 19.5 Å². The van der Waals surface area contributed by atoms with Gasteiger partial charge >= 0.3 is 12.0 Å². The molecule has 0 unspecified atom stereocenters. The zero-order valence-corrected chi connectivity index (χ0v) is 27.1. The number of aliphatic hydroxyl groups is 1. The van der Waals surface area contributed by atoms with Crippen molar-refractivity contribution in [2.45, 2.75) is 56.8 Å². The van der Waals surface area contributed by atoms with Crippen molar-refractivity contribution >= 4 is 29.3 Å². The summed E-state index contributed by atoms with van der Waals surface area (Å²) in [7, 11) is 0. The molecule has 3 heterocycles. The van der Waals surface area contributed by atoms with Crippen LogP contribution in [0.2, 0.25) is 0 Å². The van der Waals surface area contributed by atoms with Gasteiger partial charge in [0.1, 0.15) is 12.1 Å². The molecule has 4 N–H and O–H groups in total. The average molecular weight is 658 g/mol. The lowest BCUT2D eigenvalue weighted by Gasteiger charge is -2.45. The van der Waals surface area contributed by atoms with Crippen molar-refractivity contribution in [1.82, 2.24) is 15.5 Å². The quantitative estimate of drug-likeness (QED) is 0.240. The summed E-state index contributed by atoms with van der Waals surface area (Å²) in [6.07, 6.45) is 0.891. The third-order valence-corrected chi connectivity index (χ3v) is 9.28. The Kier molecular flexibility index (Phi) is 10.6.